The fourth-order valence-corrected chi connectivity index (χ4v) is 3.18. The first-order chi connectivity index (χ1) is 12.8. The molecule has 0 saturated carbocycles. The summed E-state index contributed by atoms with van der Waals surface area (Å²) in [6.45, 7) is 4.39. The molecule has 0 aliphatic carbocycles. The zero-order chi connectivity index (χ0) is 20.1. The Morgan fingerprint density at radius 3 is 2.70 bits per heavy atom. The fourth-order valence-electron chi connectivity index (χ4n) is 3.18. The molecule has 0 aromatic heterocycles. The number of hydrogen-bond acceptors (Lipinski definition) is 6. The molecule has 2 rings (SSSR count). The van der Waals surface area contributed by atoms with E-state index in [1.807, 2.05) is 13.8 Å². The normalized spacial score (nSPS) is 17.1. The van der Waals surface area contributed by atoms with Crippen LogP contribution in [0.1, 0.15) is 38.3 Å². The molecule has 8 heteroatoms. The van der Waals surface area contributed by atoms with E-state index < -0.39 is 22.6 Å². The Hall–Kier alpha value is -2.74. The quantitative estimate of drug-likeness (QED) is 0.403. The molecular formula is C19H24N2O6. The van der Waals surface area contributed by atoms with Crippen LogP contribution in [0.2, 0.25) is 0 Å². The van der Waals surface area contributed by atoms with Crippen molar-refractivity contribution in [3.63, 3.8) is 0 Å². The minimum atomic E-state index is -0.847. The van der Waals surface area contributed by atoms with Crippen molar-refractivity contribution in [2.24, 2.45) is 5.92 Å². The van der Waals surface area contributed by atoms with E-state index in [-0.39, 0.29) is 35.9 Å². The number of nitrogens with zero attached hydrogens (tertiary/aromatic N) is 2. The minimum absolute atomic E-state index is 0.00612. The zero-order valence-electron chi connectivity index (χ0n) is 15.7. The summed E-state index contributed by atoms with van der Waals surface area (Å²) >= 11 is 0. The van der Waals surface area contributed by atoms with Crippen molar-refractivity contribution in [1.82, 2.24) is 4.90 Å². The Bertz CT molecular complexity index is 771. The second-order valence-corrected chi connectivity index (χ2v) is 6.88. The molecule has 1 N–H and O–H groups in total. The largest absolute Gasteiger partial charge is 0.503 e. The molecule has 146 valence electrons. The number of amides is 1. The van der Waals surface area contributed by atoms with Gasteiger partial charge in [0.1, 0.15) is 0 Å². The number of carbonyl (C=O) groups is 2. The monoisotopic (exact) mass is 376 g/mol. The number of nitro groups is 1. The van der Waals surface area contributed by atoms with Crippen LogP contribution in [-0.2, 0) is 14.3 Å². The van der Waals surface area contributed by atoms with Gasteiger partial charge in [-0.15, -0.1) is 0 Å². The highest BCUT2D eigenvalue weighted by atomic mass is 16.6. The first-order valence-electron chi connectivity index (χ1n) is 8.78. The van der Waals surface area contributed by atoms with Gasteiger partial charge in [0.25, 0.3) is 11.6 Å². The molecule has 0 saturated heterocycles. The molecule has 1 heterocycles. The average molecular weight is 376 g/mol. The van der Waals surface area contributed by atoms with Crippen LogP contribution in [0.3, 0.4) is 0 Å². The molecule has 1 aliphatic rings. The number of aliphatic hydroxyl groups is 1. The van der Waals surface area contributed by atoms with Gasteiger partial charge in [0.2, 0.25) is 0 Å². The smallest absolute Gasteiger partial charge is 0.290 e. The summed E-state index contributed by atoms with van der Waals surface area (Å²) in [5.41, 5.74) is 0.288. The van der Waals surface area contributed by atoms with Crippen molar-refractivity contribution in [3.05, 3.63) is 51.3 Å². The number of methoxy groups -OCH3 is 1. The number of non-ortho nitro benzene ring substituents is 1. The summed E-state index contributed by atoms with van der Waals surface area (Å²) < 4.78 is 5.01. The first kappa shape index (κ1) is 20.6. The molecule has 1 aliphatic heterocycles. The van der Waals surface area contributed by atoms with Gasteiger partial charge in [-0.05, 0) is 17.9 Å². The van der Waals surface area contributed by atoms with Crippen LogP contribution in [-0.4, -0.2) is 46.9 Å². The predicted octanol–water partition coefficient (Wildman–Crippen LogP) is 2.94. The Kier molecular flexibility index (Phi) is 6.68. The number of rotatable bonds is 9. The molecule has 0 fully saturated rings. The average Bonchev–Trinajstić information content (AvgIpc) is 2.86. The third-order valence-electron chi connectivity index (χ3n) is 4.34. The van der Waals surface area contributed by atoms with Gasteiger partial charge in [0.15, 0.2) is 11.5 Å². The van der Waals surface area contributed by atoms with Gasteiger partial charge in [-0.25, -0.2) is 0 Å². The number of nitro benzene ring substituents is 1. The zero-order valence-corrected chi connectivity index (χ0v) is 15.7. The second kappa shape index (κ2) is 8.77. The maximum absolute atomic E-state index is 12.7. The Balaban J connectivity index is 2.49. The van der Waals surface area contributed by atoms with E-state index in [1.54, 1.807) is 6.07 Å². The third-order valence-corrected chi connectivity index (χ3v) is 4.34. The molecule has 8 nitrogen and oxygen atoms in total. The van der Waals surface area contributed by atoms with Crippen molar-refractivity contribution in [1.29, 1.82) is 0 Å². The number of ether oxygens (including phenoxy) is 1. The maximum Gasteiger partial charge on any atom is 0.290 e. The van der Waals surface area contributed by atoms with Gasteiger partial charge in [0, 0.05) is 38.8 Å². The predicted molar refractivity (Wildman–Crippen MR) is 98.2 cm³/mol. The number of Topliss-reactive ketones (excluding diaryl/α,β-unsaturated/α-hetero) is 1. The van der Waals surface area contributed by atoms with Crippen LogP contribution < -0.4 is 0 Å². The van der Waals surface area contributed by atoms with Crippen LogP contribution in [0, 0.1) is 16.0 Å². The SMILES string of the molecule is COCCCN1C(=O)C(O)=C(C(=O)CC(C)C)C1c1cccc([N+](=O)[O-])c1. The molecule has 1 aromatic rings. The maximum atomic E-state index is 12.7. The standard InChI is InChI=1S/C19H24N2O6/c1-12(2)10-15(22)16-17(13-6-4-7-14(11-13)21(25)26)20(8-5-9-27-3)19(24)18(16)23/h4,6-7,11-12,17,23H,5,8-10H2,1-3H3. The van der Waals surface area contributed by atoms with E-state index in [1.165, 1.54) is 30.2 Å². The van der Waals surface area contributed by atoms with Gasteiger partial charge < -0.3 is 14.7 Å². The number of aliphatic hydroxyl groups excluding tert-OH is 1. The van der Waals surface area contributed by atoms with Crippen molar-refractivity contribution in [2.75, 3.05) is 20.3 Å². The number of hydrogen-bond donors (Lipinski definition) is 1. The van der Waals surface area contributed by atoms with Gasteiger partial charge in [-0.2, -0.15) is 0 Å². The highest BCUT2D eigenvalue weighted by molar-refractivity contribution is 6.09. The van der Waals surface area contributed by atoms with E-state index >= 15 is 0 Å². The number of benzene rings is 1. The lowest BCUT2D eigenvalue weighted by molar-refractivity contribution is -0.384. The third kappa shape index (κ3) is 4.51. The molecule has 1 atom stereocenters. The van der Waals surface area contributed by atoms with Gasteiger partial charge in [0.05, 0.1) is 16.5 Å². The molecule has 0 bridgehead atoms. The van der Waals surface area contributed by atoms with Crippen molar-refractivity contribution in [2.45, 2.75) is 32.7 Å². The van der Waals surface area contributed by atoms with Gasteiger partial charge in [-0.1, -0.05) is 26.0 Å². The molecule has 1 amide bonds. The summed E-state index contributed by atoms with van der Waals surface area (Å²) in [5, 5.41) is 21.5. The van der Waals surface area contributed by atoms with Crippen LogP contribution in [0.25, 0.3) is 0 Å². The lowest BCUT2D eigenvalue weighted by Crippen LogP contribution is -2.32. The van der Waals surface area contributed by atoms with E-state index in [2.05, 4.69) is 0 Å². The Labute approximate surface area is 157 Å². The van der Waals surface area contributed by atoms with Crippen molar-refractivity contribution in [3.8, 4) is 0 Å². The first-order valence-corrected chi connectivity index (χ1v) is 8.78. The molecule has 1 unspecified atom stereocenters. The van der Waals surface area contributed by atoms with Crippen LogP contribution >= 0.6 is 0 Å². The topological polar surface area (TPSA) is 110 Å². The molecule has 1 aromatic carbocycles. The molecule has 27 heavy (non-hydrogen) atoms. The summed E-state index contributed by atoms with van der Waals surface area (Å²) in [6.07, 6.45) is 0.677. The van der Waals surface area contributed by atoms with Crippen LogP contribution in [0.15, 0.2) is 35.6 Å². The molecule has 0 spiro atoms. The van der Waals surface area contributed by atoms with E-state index in [0.717, 1.165) is 0 Å². The van der Waals surface area contributed by atoms with E-state index in [0.29, 0.717) is 18.6 Å². The lowest BCUT2D eigenvalue weighted by Gasteiger charge is -2.27. The lowest BCUT2D eigenvalue weighted by atomic mass is 9.92. The molecule has 0 radical (unpaired) electrons. The van der Waals surface area contributed by atoms with Gasteiger partial charge >= 0.3 is 0 Å². The Morgan fingerprint density at radius 2 is 2.11 bits per heavy atom. The summed E-state index contributed by atoms with van der Waals surface area (Å²) in [5.74, 6) is -1.51. The van der Waals surface area contributed by atoms with Crippen LogP contribution in [0.4, 0.5) is 5.69 Å². The number of carbonyl (C=O) groups excluding carboxylic acids is 2. The Morgan fingerprint density at radius 1 is 1.41 bits per heavy atom. The summed E-state index contributed by atoms with van der Waals surface area (Å²) in [6, 6.07) is 4.96. The number of ketones is 1. The highest BCUT2D eigenvalue weighted by Gasteiger charge is 2.43. The van der Waals surface area contributed by atoms with Crippen LogP contribution in [0.5, 0.6) is 0 Å². The minimum Gasteiger partial charge on any atom is -0.503 e. The van der Waals surface area contributed by atoms with Crippen molar-refractivity contribution >= 4 is 17.4 Å². The molecular weight excluding hydrogens is 352 g/mol. The van der Waals surface area contributed by atoms with E-state index in [9.17, 15) is 24.8 Å². The summed E-state index contributed by atoms with van der Waals surface area (Å²) in [7, 11) is 1.54. The summed E-state index contributed by atoms with van der Waals surface area (Å²) in [4.78, 5) is 37.3. The second-order valence-electron chi connectivity index (χ2n) is 6.88. The van der Waals surface area contributed by atoms with Gasteiger partial charge in [-0.3, -0.25) is 19.7 Å². The highest BCUT2D eigenvalue weighted by Crippen LogP contribution is 2.39. The van der Waals surface area contributed by atoms with Crippen molar-refractivity contribution < 1.29 is 24.4 Å². The fraction of sp³-hybridized carbons (Fsp3) is 0.474. The van der Waals surface area contributed by atoms with E-state index in [4.69, 9.17) is 4.74 Å².